The van der Waals surface area contributed by atoms with Crippen LogP contribution in [0.1, 0.15) is 55.7 Å². The summed E-state index contributed by atoms with van der Waals surface area (Å²) in [6.07, 6.45) is 13.0. The predicted octanol–water partition coefficient (Wildman–Crippen LogP) is 5.62. The van der Waals surface area contributed by atoms with Crippen molar-refractivity contribution >= 4 is 12.2 Å². The fourth-order valence-electron chi connectivity index (χ4n) is 1.97. The molecule has 0 aliphatic rings. The van der Waals surface area contributed by atoms with E-state index in [9.17, 15) is 0 Å². The minimum absolute atomic E-state index is 1.19. The summed E-state index contributed by atoms with van der Waals surface area (Å²) in [5.74, 6) is 0. The summed E-state index contributed by atoms with van der Waals surface area (Å²) < 4.78 is 0. The van der Waals surface area contributed by atoms with Crippen LogP contribution in [0.4, 0.5) is 0 Å². The van der Waals surface area contributed by atoms with Crippen LogP contribution < -0.4 is 0 Å². The predicted molar refractivity (Wildman–Crippen MR) is 79.1 cm³/mol. The first-order valence-electron chi connectivity index (χ1n) is 6.68. The van der Waals surface area contributed by atoms with Crippen LogP contribution in [-0.4, -0.2) is 0 Å². The molecule has 0 atom stereocenters. The lowest BCUT2D eigenvalue weighted by molar-refractivity contribution is 0.675. The normalized spacial score (nSPS) is 10.9. The molecule has 1 aromatic carbocycles. The van der Waals surface area contributed by atoms with Gasteiger partial charge in [-0.1, -0.05) is 69.2 Å². The van der Waals surface area contributed by atoms with Gasteiger partial charge in [0, 0.05) is 0 Å². The molecule has 92 valence electrons. The van der Waals surface area contributed by atoms with Crippen molar-refractivity contribution in [3.63, 3.8) is 0 Å². The van der Waals surface area contributed by atoms with Gasteiger partial charge in [0.1, 0.15) is 0 Å². The van der Waals surface area contributed by atoms with E-state index in [-0.39, 0.29) is 0 Å². The maximum Gasteiger partial charge on any atom is -0.0225 e. The molecule has 0 bridgehead atoms. The van der Waals surface area contributed by atoms with Crippen LogP contribution in [0.15, 0.2) is 30.9 Å². The molecule has 0 N–H and O–H groups in total. The Morgan fingerprint density at radius 2 is 1.88 bits per heavy atom. The highest BCUT2D eigenvalue weighted by atomic mass is 14.0. The molecule has 0 radical (unpaired) electrons. The SMILES string of the molecule is C=Cc1cccc(C=CCCCCCC)c1C. The Morgan fingerprint density at radius 3 is 2.59 bits per heavy atom. The molecule has 0 fully saturated rings. The number of hydrogen-bond acceptors (Lipinski definition) is 0. The molecular formula is C17H24. The highest BCUT2D eigenvalue weighted by Crippen LogP contribution is 2.16. The summed E-state index contributed by atoms with van der Waals surface area (Å²) in [6, 6.07) is 6.38. The molecule has 0 aliphatic heterocycles. The van der Waals surface area contributed by atoms with Crippen molar-refractivity contribution in [2.24, 2.45) is 0 Å². The van der Waals surface area contributed by atoms with Crippen LogP contribution in [0.2, 0.25) is 0 Å². The summed E-state index contributed by atoms with van der Waals surface area (Å²) in [6.45, 7) is 8.25. The number of unbranched alkanes of at least 4 members (excludes halogenated alkanes) is 4. The molecule has 0 heteroatoms. The molecule has 0 saturated carbocycles. The van der Waals surface area contributed by atoms with E-state index >= 15 is 0 Å². The average Bonchev–Trinajstić information content (AvgIpc) is 2.35. The average molecular weight is 228 g/mol. The Balaban J connectivity index is 2.50. The molecule has 0 saturated heterocycles. The van der Waals surface area contributed by atoms with Crippen molar-refractivity contribution in [3.8, 4) is 0 Å². The van der Waals surface area contributed by atoms with Crippen LogP contribution in [0.25, 0.3) is 12.2 Å². The smallest absolute Gasteiger partial charge is 0.0225 e. The molecule has 0 nitrogen and oxygen atoms in total. The van der Waals surface area contributed by atoms with Crippen molar-refractivity contribution < 1.29 is 0 Å². The van der Waals surface area contributed by atoms with Crippen molar-refractivity contribution in [1.82, 2.24) is 0 Å². The first-order chi connectivity index (χ1) is 8.29. The second kappa shape index (κ2) is 7.89. The summed E-state index contributed by atoms with van der Waals surface area (Å²) in [7, 11) is 0. The number of benzene rings is 1. The third-order valence-corrected chi connectivity index (χ3v) is 3.16. The quantitative estimate of drug-likeness (QED) is 0.531. The maximum absolute atomic E-state index is 3.84. The molecule has 0 amide bonds. The zero-order valence-electron chi connectivity index (χ0n) is 11.2. The zero-order chi connectivity index (χ0) is 12.5. The summed E-state index contributed by atoms with van der Waals surface area (Å²) in [5.41, 5.74) is 3.88. The third-order valence-electron chi connectivity index (χ3n) is 3.16. The minimum atomic E-state index is 1.19. The molecule has 1 aromatic rings. The molecule has 0 heterocycles. The minimum Gasteiger partial charge on any atom is -0.0985 e. The van der Waals surface area contributed by atoms with Gasteiger partial charge in [-0.2, -0.15) is 0 Å². The Hall–Kier alpha value is -1.30. The topological polar surface area (TPSA) is 0 Å². The standard InChI is InChI=1S/C17H24/c1-4-6-7-8-9-10-12-17-14-11-13-16(5-2)15(17)3/h5,10-14H,2,4,6-9H2,1,3H3. The van der Waals surface area contributed by atoms with Gasteiger partial charge in [0.2, 0.25) is 0 Å². The second-order valence-electron chi connectivity index (χ2n) is 4.52. The van der Waals surface area contributed by atoms with E-state index in [1.807, 2.05) is 6.08 Å². The van der Waals surface area contributed by atoms with Gasteiger partial charge in [-0.25, -0.2) is 0 Å². The first-order valence-corrected chi connectivity index (χ1v) is 6.68. The number of rotatable bonds is 7. The van der Waals surface area contributed by atoms with Crippen LogP contribution in [0.5, 0.6) is 0 Å². The zero-order valence-corrected chi connectivity index (χ0v) is 11.2. The molecule has 0 aromatic heterocycles. The van der Waals surface area contributed by atoms with Crippen molar-refractivity contribution in [2.75, 3.05) is 0 Å². The second-order valence-corrected chi connectivity index (χ2v) is 4.52. The Bertz CT molecular complexity index is 372. The molecule has 0 unspecified atom stereocenters. The lowest BCUT2D eigenvalue weighted by atomic mass is 10.0. The summed E-state index contributed by atoms with van der Waals surface area (Å²) in [4.78, 5) is 0. The largest absolute Gasteiger partial charge is 0.0985 e. The van der Waals surface area contributed by atoms with E-state index in [4.69, 9.17) is 0 Å². The van der Waals surface area contributed by atoms with Crippen LogP contribution in [0, 0.1) is 6.92 Å². The van der Waals surface area contributed by atoms with E-state index in [0.29, 0.717) is 0 Å². The van der Waals surface area contributed by atoms with E-state index in [1.165, 1.54) is 48.8 Å². The van der Waals surface area contributed by atoms with Gasteiger partial charge in [-0.05, 0) is 36.5 Å². The molecule has 1 rings (SSSR count). The van der Waals surface area contributed by atoms with E-state index in [0.717, 1.165) is 0 Å². The van der Waals surface area contributed by atoms with E-state index in [2.05, 4.69) is 50.8 Å². The molecular weight excluding hydrogens is 204 g/mol. The van der Waals surface area contributed by atoms with Gasteiger partial charge < -0.3 is 0 Å². The lowest BCUT2D eigenvalue weighted by Crippen LogP contribution is -1.84. The maximum atomic E-state index is 3.84. The Morgan fingerprint density at radius 1 is 1.12 bits per heavy atom. The summed E-state index contributed by atoms with van der Waals surface area (Å²) >= 11 is 0. The Kier molecular flexibility index (Phi) is 6.39. The number of hydrogen-bond donors (Lipinski definition) is 0. The van der Waals surface area contributed by atoms with Gasteiger partial charge >= 0.3 is 0 Å². The van der Waals surface area contributed by atoms with Gasteiger partial charge in [0.15, 0.2) is 0 Å². The monoisotopic (exact) mass is 228 g/mol. The fourth-order valence-corrected chi connectivity index (χ4v) is 1.97. The van der Waals surface area contributed by atoms with Crippen LogP contribution in [0.3, 0.4) is 0 Å². The number of allylic oxidation sites excluding steroid dienone is 1. The summed E-state index contributed by atoms with van der Waals surface area (Å²) in [5, 5.41) is 0. The van der Waals surface area contributed by atoms with Crippen molar-refractivity contribution in [1.29, 1.82) is 0 Å². The highest BCUT2D eigenvalue weighted by molar-refractivity contribution is 5.62. The van der Waals surface area contributed by atoms with Gasteiger partial charge in [-0.3, -0.25) is 0 Å². The lowest BCUT2D eigenvalue weighted by Gasteiger charge is -2.04. The Labute approximate surface area is 106 Å². The van der Waals surface area contributed by atoms with E-state index < -0.39 is 0 Å². The molecule has 0 spiro atoms. The van der Waals surface area contributed by atoms with Crippen molar-refractivity contribution in [3.05, 3.63) is 47.5 Å². The van der Waals surface area contributed by atoms with Gasteiger partial charge in [0.25, 0.3) is 0 Å². The molecule has 0 aliphatic carbocycles. The van der Waals surface area contributed by atoms with E-state index in [1.54, 1.807) is 0 Å². The molecule has 17 heavy (non-hydrogen) atoms. The van der Waals surface area contributed by atoms with Gasteiger partial charge in [0.05, 0.1) is 0 Å². The highest BCUT2D eigenvalue weighted by Gasteiger charge is 1.97. The van der Waals surface area contributed by atoms with Crippen LogP contribution >= 0.6 is 0 Å². The third kappa shape index (κ3) is 4.60. The van der Waals surface area contributed by atoms with Crippen molar-refractivity contribution in [2.45, 2.75) is 46.0 Å². The van der Waals surface area contributed by atoms with Gasteiger partial charge in [-0.15, -0.1) is 0 Å². The fraction of sp³-hybridized carbons (Fsp3) is 0.412. The van der Waals surface area contributed by atoms with Crippen LogP contribution in [-0.2, 0) is 0 Å². The first kappa shape index (κ1) is 13.8.